The van der Waals surface area contributed by atoms with Gasteiger partial charge in [-0.1, -0.05) is 29.8 Å². The van der Waals surface area contributed by atoms with Crippen molar-refractivity contribution >= 4 is 44.9 Å². The van der Waals surface area contributed by atoms with Gasteiger partial charge in [0.2, 0.25) is 5.91 Å². The first-order valence-electron chi connectivity index (χ1n) is 10.2. The summed E-state index contributed by atoms with van der Waals surface area (Å²) in [5, 5.41) is 2.92. The van der Waals surface area contributed by atoms with Crippen LogP contribution >= 0.6 is 11.6 Å². The van der Waals surface area contributed by atoms with Crippen LogP contribution in [-0.4, -0.2) is 40.6 Å². The number of nitrogens with zero attached hydrogens (tertiary/aromatic N) is 1. The van der Waals surface area contributed by atoms with Crippen molar-refractivity contribution in [2.75, 3.05) is 29.9 Å². The zero-order valence-corrected chi connectivity index (χ0v) is 20.1. The molecule has 3 aromatic rings. The lowest BCUT2D eigenvalue weighted by Gasteiger charge is -2.26. The Morgan fingerprint density at radius 3 is 2.29 bits per heavy atom. The van der Waals surface area contributed by atoms with Crippen molar-refractivity contribution in [1.82, 2.24) is 0 Å². The molecule has 0 aromatic heterocycles. The molecular weight excluding hydrogens is 480 g/mol. The first kappa shape index (κ1) is 25.1. The lowest BCUT2D eigenvalue weighted by Crippen LogP contribution is -2.38. The Morgan fingerprint density at radius 2 is 1.68 bits per heavy atom. The topological polar surface area (TPSA) is 102 Å². The molecule has 0 aliphatic heterocycles. The highest BCUT2D eigenvalue weighted by atomic mass is 35.5. The van der Waals surface area contributed by atoms with Gasteiger partial charge in [0.15, 0.2) is 0 Å². The molecule has 178 valence electrons. The lowest BCUT2D eigenvalue weighted by atomic mass is 10.2. The van der Waals surface area contributed by atoms with Gasteiger partial charge in [0.25, 0.3) is 10.0 Å². The molecule has 0 spiro atoms. The number of amides is 1. The molecule has 1 amide bonds. The van der Waals surface area contributed by atoms with E-state index in [0.717, 1.165) is 4.31 Å². The Hall–Kier alpha value is -3.56. The largest absolute Gasteiger partial charge is 0.495 e. The average Bonchev–Trinajstić information content (AvgIpc) is 2.83. The number of esters is 1. The summed E-state index contributed by atoms with van der Waals surface area (Å²) < 4.78 is 38.2. The van der Waals surface area contributed by atoms with E-state index in [1.807, 2.05) is 0 Å². The molecule has 10 heteroatoms. The summed E-state index contributed by atoms with van der Waals surface area (Å²) >= 11 is 6.13. The second kappa shape index (κ2) is 11.0. The van der Waals surface area contributed by atoms with Gasteiger partial charge in [0.05, 0.1) is 29.9 Å². The standard InChI is InChI=1S/C24H23ClN2O6S/c1-3-33-24(29)17-9-12-19(13-10-17)26-23(28)16-27(21-15-18(25)11-14-22(21)32-2)34(30,31)20-7-5-4-6-8-20/h4-15H,3,16H2,1-2H3,(H,26,28). The number of ether oxygens (including phenoxy) is 2. The number of anilines is 2. The highest BCUT2D eigenvalue weighted by Crippen LogP contribution is 2.34. The minimum Gasteiger partial charge on any atom is -0.495 e. The van der Waals surface area contributed by atoms with E-state index in [1.165, 1.54) is 55.6 Å². The monoisotopic (exact) mass is 502 g/mol. The molecule has 0 saturated carbocycles. The highest BCUT2D eigenvalue weighted by molar-refractivity contribution is 7.92. The first-order valence-corrected chi connectivity index (χ1v) is 12.1. The molecule has 3 rings (SSSR count). The van der Waals surface area contributed by atoms with Crippen molar-refractivity contribution in [3.8, 4) is 5.75 Å². The van der Waals surface area contributed by atoms with Crippen LogP contribution in [0.5, 0.6) is 5.75 Å². The second-order valence-electron chi connectivity index (χ2n) is 6.99. The number of hydrogen-bond donors (Lipinski definition) is 1. The number of benzene rings is 3. The Morgan fingerprint density at radius 1 is 1.00 bits per heavy atom. The van der Waals surface area contributed by atoms with Crippen LogP contribution < -0.4 is 14.4 Å². The zero-order chi connectivity index (χ0) is 24.7. The number of carbonyl (C=O) groups is 2. The molecule has 0 fully saturated rings. The molecule has 0 aliphatic rings. The number of rotatable bonds is 9. The minimum absolute atomic E-state index is 0.00335. The van der Waals surface area contributed by atoms with Gasteiger partial charge in [0, 0.05) is 10.7 Å². The fourth-order valence-electron chi connectivity index (χ4n) is 3.11. The molecule has 0 unspecified atom stereocenters. The highest BCUT2D eigenvalue weighted by Gasteiger charge is 2.29. The quantitative estimate of drug-likeness (QED) is 0.436. The van der Waals surface area contributed by atoms with Gasteiger partial charge in [-0.2, -0.15) is 0 Å². The van der Waals surface area contributed by atoms with E-state index in [1.54, 1.807) is 31.2 Å². The summed E-state index contributed by atoms with van der Waals surface area (Å²) in [5.41, 5.74) is 0.830. The summed E-state index contributed by atoms with van der Waals surface area (Å²) in [4.78, 5) is 24.7. The minimum atomic E-state index is -4.14. The van der Waals surface area contributed by atoms with Crippen molar-refractivity contribution in [3.05, 3.63) is 83.4 Å². The summed E-state index contributed by atoms with van der Waals surface area (Å²) in [7, 11) is -2.75. The van der Waals surface area contributed by atoms with Crippen molar-refractivity contribution in [3.63, 3.8) is 0 Å². The Kier molecular flexibility index (Phi) is 8.14. The van der Waals surface area contributed by atoms with E-state index in [2.05, 4.69) is 5.32 Å². The number of methoxy groups -OCH3 is 1. The Labute approximate surface area is 203 Å². The van der Waals surface area contributed by atoms with Gasteiger partial charge in [0.1, 0.15) is 12.3 Å². The Balaban J connectivity index is 1.91. The summed E-state index contributed by atoms with van der Waals surface area (Å²) in [6.07, 6.45) is 0. The van der Waals surface area contributed by atoms with Crippen LogP contribution in [0.1, 0.15) is 17.3 Å². The molecule has 34 heavy (non-hydrogen) atoms. The van der Waals surface area contributed by atoms with E-state index in [4.69, 9.17) is 21.1 Å². The van der Waals surface area contributed by atoms with E-state index in [9.17, 15) is 18.0 Å². The van der Waals surface area contributed by atoms with Gasteiger partial charge in [-0.15, -0.1) is 0 Å². The van der Waals surface area contributed by atoms with E-state index in [0.29, 0.717) is 11.3 Å². The molecule has 0 saturated heterocycles. The molecule has 0 atom stereocenters. The van der Waals surface area contributed by atoms with Crippen molar-refractivity contribution in [2.45, 2.75) is 11.8 Å². The van der Waals surface area contributed by atoms with Crippen LogP contribution in [0.15, 0.2) is 77.7 Å². The second-order valence-corrected chi connectivity index (χ2v) is 9.29. The van der Waals surface area contributed by atoms with E-state index in [-0.39, 0.29) is 28.0 Å². The first-order chi connectivity index (χ1) is 16.3. The molecule has 3 aromatic carbocycles. The zero-order valence-electron chi connectivity index (χ0n) is 18.5. The molecule has 8 nitrogen and oxygen atoms in total. The molecule has 0 aliphatic carbocycles. The normalized spacial score (nSPS) is 10.9. The Bertz CT molecular complexity index is 1260. The average molecular weight is 503 g/mol. The third-order valence-corrected chi connectivity index (χ3v) is 6.72. The number of carbonyl (C=O) groups excluding carboxylic acids is 2. The number of halogens is 1. The summed E-state index contributed by atoms with van der Waals surface area (Å²) in [6, 6.07) is 18.3. The molecular formula is C24H23ClN2O6S. The molecule has 0 radical (unpaired) electrons. The maximum Gasteiger partial charge on any atom is 0.338 e. The number of sulfonamides is 1. The maximum absolute atomic E-state index is 13.5. The van der Waals surface area contributed by atoms with Gasteiger partial charge in [-0.25, -0.2) is 13.2 Å². The van der Waals surface area contributed by atoms with Crippen molar-refractivity contribution < 1.29 is 27.5 Å². The smallest absolute Gasteiger partial charge is 0.338 e. The third-order valence-electron chi connectivity index (χ3n) is 4.71. The summed E-state index contributed by atoms with van der Waals surface area (Å²) in [6.45, 7) is 1.40. The molecule has 0 bridgehead atoms. The van der Waals surface area contributed by atoms with Crippen LogP contribution in [0.4, 0.5) is 11.4 Å². The fraction of sp³-hybridized carbons (Fsp3) is 0.167. The van der Waals surface area contributed by atoms with Crippen LogP contribution in [-0.2, 0) is 19.6 Å². The van der Waals surface area contributed by atoms with Crippen LogP contribution in [0.2, 0.25) is 5.02 Å². The van der Waals surface area contributed by atoms with E-state index >= 15 is 0 Å². The SMILES string of the molecule is CCOC(=O)c1ccc(NC(=O)CN(c2cc(Cl)ccc2OC)S(=O)(=O)c2ccccc2)cc1. The lowest BCUT2D eigenvalue weighted by molar-refractivity contribution is -0.114. The van der Waals surface area contributed by atoms with Crippen molar-refractivity contribution in [2.24, 2.45) is 0 Å². The molecule has 0 heterocycles. The predicted molar refractivity (Wildman–Crippen MR) is 130 cm³/mol. The van der Waals surface area contributed by atoms with Crippen molar-refractivity contribution in [1.29, 1.82) is 0 Å². The van der Waals surface area contributed by atoms with Crippen LogP contribution in [0.3, 0.4) is 0 Å². The third kappa shape index (κ3) is 5.86. The van der Waals surface area contributed by atoms with Gasteiger partial charge in [-0.05, 0) is 61.5 Å². The van der Waals surface area contributed by atoms with Gasteiger partial charge >= 0.3 is 5.97 Å². The number of hydrogen-bond acceptors (Lipinski definition) is 6. The van der Waals surface area contributed by atoms with Gasteiger partial charge < -0.3 is 14.8 Å². The summed E-state index contributed by atoms with van der Waals surface area (Å²) in [5.74, 6) is -0.852. The molecule has 1 N–H and O–H groups in total. The predicted octanol–water partition coefficient (Wildman–Crippen LogP) is 4.36. The van der Waals surface area contributed by atoms with Crippen LogP contribution in [0.25, 0.3) is 0 Å². The number of nitrogens with one attached hydrogen (secondary N) is 1. The van der Waals surface area contributed by atoms with Gasteiger partial charge in [-0.3, -0.25) is 9.10 Å². The van der Waals surface area contributed by atoms with Crippen LogP contribution in [0, 0.1) is 0 Å². The fourth-order valence-corrected chi connectivity index (χ4v) is 4.72. The maximum atomic E-state index is 13.5. The van der Waals surface area contributed by atoms with E-state index < -0.39 is 28.4 Å².